The summed E-state index contributed by atoms with van der Waals surface area (Å²) in [5.74, 6) is 0. The minimum atomic E-state index is -1.05. The van der Waals surface area contributed by atoms with E-state index in [1.54, 1.807) is 0 Å². The van der Waals surface area contributed by atoms with Crippen LogP contribution in [0.3, 0.4) is 0 Å². The number of hydrogen-bond acceptors (Lipinski definition) is 4. The van der Waals surface area contributed by atoms with Gasteiger partial charge in [-0.05, 0) is 6.42 Å². The standard InChI is InChI=1S/C4H8O4/c1-2-3-7-4(5)8-6/h6H,2-3H2,1H3. The molecule has 0 heterocycles. The molecule has 0 unspecified atom stereocenters. The molecule has 0 aromatic heterocycles. The van der Waals surface area contributed by atoms with Crippen LogP contribution in [-0.2, 0) is 9.62 Å². The number of hydrogen-bond donors (Lipinski definition) is 1. The van der Waals surface area contributed by atoms with Gasteiger partial charge in [-0.25, -0.2) is 4.79 Å². The van der Waals surface area contributed by atoms with Gasteiger partial charge in [0.25, 0.3) is 0 Å². The Bertz CT molecular complexity index is 70.4. The molecule has 0 atom stereocenters. The van der Waals surface area contributed by atoms with Crippen molar-refractivity contribution >= 4 is 6.16 Å². The van der Waals surface area contributed by atoms with E-state index in [4.69, 9.17) is 5.26 Å². The number of rotatable bonds is 2. The van der Waals surface area contributed by atoms with Crippen molar-refractivity contribution in [2.45, 2.75) is 13.3 Å². The second-order valence-electron chi connectivity index (χ2n) is 1.19. The van der Waals surface area contributed by atoms with Crippen LogP contribution >= 0.6 is 0 Å². The molecule has 0 amide bonds. The van der Waals surface area contributed by atoms with E-state index in [0.29, 0.717) is 0 Å². The Morgan fingerprint density at radius 1 is 1.75 bits per heavy atom. The zero-order valence-electron chi connectivity index (χ0n) is 4.59. The monoisotopic (exact) mass is 120 g/mol. The van der Waals surface area contributed by atoms with Crippen molar-refractivity contribution in [1.29, 1.82) is 0 Å². The highest BCUT2D eigenvalue weighted by Gasteiger charge is 1.97. The third kappa shape index (κ3) is 3.42. The molecule has 0 bridgehead atoms. The number of ether oxygens (including phenoxy) is 1. The predicted molar refractivity (Wildman–Crippen MR) is 25.4 cm³/mol. The van der Waals surface area contributed by atoms with Gasteiger partial charge >= 0.3 is 6.16 Å². The maximum Gasteiger partial charge on any atom is 0.540 e. The summed E-state index contributed by atoms with van der Waals surface area (Å²) < 4.78 is 4.23. The van der Waals surface area contributed by atoms with Crippen LogP contribution in [0.2, 0.25) is 0 Å². The van der Waals surface area contributed by atoms with Gasteiger partial charge in [-0.15, -0.1) is 0 Å². The van der Waals surface area contributed by atoms with E-state index in [-0.39, 0.29) is 6.61 Å². The smallest absolute Gasteiger partial charge is 0.432 e. The molecule has 1 N–H and O–H groups in total. The topological polar surface area (TPSA) is 55.8 Å². The molecular weight excluding hydrogens is 112 g/mol. The van der Waals surface area contributed by atoms with E-state index in [1.807, 2.05) is 6.92 Å². The molecule has 0 saturated carbocycles. The molecule has 0 rings (SSSR count). The van der Waals surface area contributed by atoms with Crippen LogP contribution in [0, 0.1) is 0 Å². The average molecular weight is 120 g/mol. The van der Waals surface area contributed by atoms with E-state index >= 15 is 0 Å². The lowest BCUT2D eigenvalue weighted by atomic mass is 10.5. The van der Waals surface area contributed by atoms with Crippen LogP contribution in [0.5, 0.6) is 0 Å². The summed E-state index contributed by atoms with van der Waals surface area (Å²) in [7, 11) is 0. The van der Waals surface area contributed by atoms with Crippen molar-refractivity contribution in [2.75, 3.05) is 6.61 Å². The fourth-order valence-electron chi connectivity index (χ4n) is 0.212. The van der Waals surface area contributed by atoms with Crippen LogP contribution in [0.25, 0.3) is 0 Å². The van der Waals surface area contributed by atoms with E-state index < -0.39 is 6.16 Å². The largest absolute Gasteiger partial charge is 0.540 e. The Labute approximate surface area is 46.9 Å². The Balaban J connectivity index is 2.99. The van der Waals surface area contributed by atoms with Crippen molar-refractivity contribution in [3.8, 4) is 0 Å². The van der Waals surface area contributed by atoms with Crippen molar-refractivity contribution in [2.24, 2.45) is 0 Å². The van der Waals surface area contributed by atoms with E-state index in [1.165, 1.54) is 0 Å². The first-order valence-corrected chi connectivity index (χ1v) is 2.29. The van der Waals surface area contributed by atoms with Gasteiger partial charge in [0, 0.05) is 0 Å². The van der Waals surface area contributed by atoms with Crippen molar-refractivity contribution < 1.29 is 19.7 Å². The van der Waals surface area contributed by atoms with Crippen LogP contribution < -0.4 is 0 Å². The molecule has 0 saturated heterocycles. The molecule has 0 aliphatic carbocycles. The van der Waals surface area contributed by atoms with Gasteiger partial charge in [-0.1, -0.05) is 6.92 Å². The van der Waals surface area contributed by atoms with Crippen molar-refractivity contribution in [1.82, 2.24) is 0 Å². The number of carbonyl (C=O) groups is 1. The van der Waals surface area contributed by atoms with Crippen LogP contribution in [0.15, 0.2) is 0 Å². The Kier molecular flexibility index (Phi) is 3.97. The molecule has 0 aliphatic heterocycles. The highest BCUT2D eigenvalue weighted by atomic mass is 17.1. The fourth-order valence-corrected chi connectivity index (χ4v) is 0.212. The molecule has 0 aliphatic rings. The summed E-state index contributed by atoms with van der Waals surface area (Å²) in [6.45, 7) is 2.12. The summed E-state index contributed by atoms with van der Waals surface area (Å²) in [6.07, 6.45) is -0.332. The quantitative estimate of drug-likeness (QED) is 0.336. The summed E-state index contributed by atoms with van der Waals surface area (Å²) in [6, 6.07) is 0. The maximum absolute atomic E-state index is 9.88. The zero-order chi connectivity index (χ0) is 6.41. The van der Waals surface area contributed by atoms with Gasteiger partial charge in [0.1, 0.15) is 0 Å². The van der Waals surface area contributed by atoms with E-state index in [2.05, 4.69) is 9.62 Å². The minimum absolute atomic E-state index is 0.277. The zero-order valence-corrected chi connectivity index (χ0v) is 4.59. The highest BCUT2D eigenvalue weighted by molar-refractivity contribution is 5.58. The molecule has 0 fully saturated rings. The molecule has 4 heteroatoms. The molecular formula is C4H8O4. The molecule has 0 aromatic carbocycles. The molecule has 8 heavy (non-hydrogen) atoms. The predicted octanol–water partition coefficient (Wildman–Crippen LogP) is 1.02. The lowest BCUT2D eigenvalue weighted by molar-refractivity contribution is -0.200. The van der Waals surface area contributed by atoms with Gasteiger partial charge in [0.15, 0.2) is 0 Å². The Morgan fingerprint density at radius 3 is 2.75 bits per heavy atom. The first kappa shape index (κ1) is 7.23. The summed E-state index contributed by atoms with van der Waals surface area (Å²) in [4.78, 5) is 13.1. The summed E-state index contributed by atoms with van der Waals surface area (Å²) >= 11 is 0. The minimum Gasteiger partial charge on any atom is -0.432 e. The maximum atomic E-state index is 9.88. The van der Waals surface area contributed by atoms with E-state index in [0.717, 1.165) is 6.42 Å². The van der Waals surface area contributed by atoms with Gasteiger partial charge in [0.2, 0.25) is 0 Å². The van der Waals surface area contributed by atoms with Crippen molar-refractivity contribution in [3.63, 3.8) is 0 Å². The highest BCUT2D eigenvalue weighted by Crippen LogP contribution is 1.83. The third-order valence-electron chi connectivity index (χ3n) is 0.499. The van der Waals surface area contributed by atoms with Gasteiger partial charge in [-0.3, -0.25) is 4.89 Å². The van der Waals surface area contributed by atoms with Crippen LogP contribution in [0.1, 0.15) is 13.3 Å². The second kappa shape index (κ2) is 4.39. The van der Waals surface area contributed by atoms with Crippen LogP contribution in [-0.4, -0.2) is 18.0 Å². The summed E-state index contributed by atoms with van der Waals surface area (Å²) in [5.41, 5.74) is 0. The lowest BCUT2D eigenvalue weighted by Gasteiger charge is -1.95. The Hall–Kier alpha value is -0.770. The lowest BCUT2D eigenvalue weighted by Crippen LogP contribution is -2.04. The first-order valence-electron chi connectivity index (χ1n) is 2.29. The Morgan fingerprint density at radius 2 is 2.38 bits per heavy atom. The molecule has 4 nitrogen and oxygen atoms in total. The molecule has 48 valence electrons. The summed E-state index contributed by atoms with van der Waals surface area (Å²) in [5, 5.41) is 7.59. The van der Waals surface area contributed by atoms with Crippen molar-refractivity contribution in [3.05, 3.63) is 0 Å². The van der Waals surface area contributed by atoms with Crippen LogP contribution in [0.4, 0.5) is 4.79 Å². The molecule has 0 aromatic rings. The van der Waals surface area contributed by atoms with Gasteiger partial charge in [0.05, 0.1) is 6.61 Å². The second-order valence-corrected chi connectivity index (χ2v) is 1.19. The third-order valence-corrected chi connectivity index (χ3v) is 0.499. The number of carbonyl (C=O) groups excluding carboxylic acids is 1. The average Bonchev–Trinajstić information content (AvgIpc) is 1.83. The van der Waals surface area contributed by atoms with Gasteiger partial charge < -0.3 is 4.74 Å². The van der Waals surface area contributed by atoms with Gasteiger partial charge in [-0.2, -0.15) is 5.26 Å². The molecule has 0 spiro atoms. The normalized spacial score (nSPS) is 8.25. The van der Waals surface area contributed by atoms with E-state index in [9.17, 15) is 4.79 Å². The molecule has 0 radical (unpaired) electrons. The SMILES string of the molecule is CCCOC(=O)OO. The first-order chi connectivity index (χ1) is 3.81. The fraction of sp³-hybridized carbons (Fsp3) is 0.750.